The number of aromatic nitrogens is 2. The molecular weight excluding hydrogens is 827 g/mol. The number of nitrogens with zero attached hydrogens (tertiary/aromatic N) is 3. The third kappa shape index (κ3) is 8.48. The molecular formula is C38H50IN6O8S-. The van der Waals surface area contributed by atoms with Crippen molar-refractivity contribution in [1.82, 2.24) is 30.2 Å². The van der Waals surface area contributed by atoms with Gasteiger partial charge in [0.15, 0.2) is 0 Å². The van der Waals surface area contributed by atoms with Gasteiger partial charge in [0, 0.05) is 0 Å². The normalized spacial score (nSPS) is 31.6. The summed E-state index contributed by atoms with van der Waals surface area (Å²) in [5.41, 5.74) is 0.624. The number of carbonyl (C=O) groups excluding carboxylic acids is 4. The van der Waals surface area contributed by atoms with Crippen molar-refractivity contribution in [3.05, 3.63) is 42.1 Å². The first kappa shape index (κ1) is 38.7. The van der Waals surface area contributed by atoms with Crippen LogP contribution in [0.1, 0.15) is 103 Å². The molecule has 2 aliphatic carbocycles. The van der Waals surface area contributed by atoms with Crippen LogP contribution in [-0.4, -0.2) is 86.0 Å². The van der Waals surface area contributed by atoms with Gasteiger partial charge in [0.05, 0.1) is 4.75 Å². The summed E-state index contributed by atoms with van der Waals surface area (Å²) in [4.78, 5) is 67.2. The Hall–Kier alpha value is -3.54. The molecule has 16 heteroatoms. The zero-order valence-corrected chi connectivity index (χ0v) is 33.8. The average molecular weight is 878 g/mol. The van der Waals surface area contributed by atoms with E-state index in [0.717, 1.165) is 44.0 Å². The molecule has 3 bridgehead atoms. The van der Waals surface area contributed by atoms with Crippen LogP contribution in [0.4, 0.5) is 4.79 Å². The minimum absolute atomic E-state index is 0.0251. The molecule has 1 aromatic heterocycles. The van der Waals surface area contributed by atoms with E-state index in [1.165, 1.54) is 4.90 Å². The number of benzene rings is 1. The van der Waals surface area contributed by atoms with Crippen molar-refractivity contribution in [3.8, 4) is 5.88 Å². The average Bonchev–Trinajstić information content (AvgIpc) is 4.02. The van der Waals surface area contributed by atoms with Gasteiger partial charge in [0.25, 0.3) is 0 Å². The van der Waals surface area contributed by atoms with Crippen molar-refractivity contribution >= 4 is 44.9 Å². The summed E-state index contributed by atoms with van der Waals surface area (Å²) in [5, 5.41) is 5.74. The van der Waals surface area contributed by atoms with Crippen molar-refractivity contribution in [1.29, 1.82) is 0 Å². The van der Waals surface area contributed by atoms with Gasteiger partial charge < -0.3 is 0 Å². The first-order valence-corrected chi connectivity index (χ1v) is 22.9. The molecule has 1 saturated heterocycles. The van der Waals surface area contributed by atoms with Gasteiger partial charge in [0.2, 0.25) is 10.0 Å². The summed E-state index contributed by atoms with van der Waals surface area (Å²) < 4.78 is 40.1. The number of aryl methyl sites for hydroxylation is 1. The number of alkyl halides is 1. The van der Waals surface area contributed by atoms with E-state index >= 15 is 0 Å². The van der Waals surface area contributed by atoms with E-state index in [2.05, 4.69) is 22.3 Å². The second-order valence-electron chi connectivity index (χ2n) is 15.7. The van der Waals surface area contributed by atoms with Crippen LogP contribution < -0.4 is 41.7 Å². The number of nitrogens with one attached hydrogen (secondary N) is 3. The second kappa shape index (κ2) is 15.9. The van der Waals surface area contributed by atoms with E-state index in [9.17, 15) is 27.6 Å². The number of halogens is 1. The number of para-hydroxylation sites is 2. The summed E-state index contributed by atoms with van der Waals surface area (Å²) in [6.45, 7) is 3.70. The quantitative estimate of drug-likeness (QED) is 0.228. The summed E-state index contributed by atoms with van der Waals surface area (Å²) in [6, 6.07) is 5.54. The topological polar surface area (TPSA) is 186 Å². The van der Waals surface area contributed by atoms with Gasteiger partial charge in [-0.05, 0) is 19.8 Å². The van der Waals surface area contributed by atoms with Crippen LogP contribution in [0.15, 0.2) is 36.4 Å². The Labute approximate surface area is 327 Å². The molecule has 2 saturated carbocycles. The fourth-order valence-electron chi connectivity index (χ4n) is 7.60. The predicted octanol–water partition coefficient (Wildman–Crippen LogP) is 0.976. The summed E-state index contributed by atoms with van der Waals surface area (Å²) >= 11 is -0.925. The van der Waals surface area contributed by atoms with Crippen LogP contribution in [0.25, 0.3) is 11.0 Å². The zero-order chi connectivity index (χ0) is 38.1. The Bertz CT molecular complexity index is 1920. The molecule has 3 N–H and O–H groups in total. The SMILES string of the molecule is C[C@@H]1CCCCCc2nc3ccccc3nc2O[C@@H]2C[C@H]3C(=O)N[C@]4(C(=O)NS(=O)(=O)C5(C)CC5)CC4/C=C\CCCCC[C@H](NC(=O)O[I-]1)C(=O)N3C2. The number of amides is 4. The van der Waals surface area contributed by atoms with Crippen molar-refractivity contribution in [2.45, 2.75) is 136 Å². The van der Waals surface area contributed by atoms with Crippen molar-refractivity contribution in [2.24, 2.45) is 5.92 Å². The van der Waals surface area contributed by atoms with Crippen LogP contribution in [0.5, 0.6) is 5.88 Å². The molecule has 14 nitrogen and oxygen atoms in total. The molecule has 0 spiro atoms. The molecule has 6 atom stereocenters. The Balaban J connectivity index is 1.22. The molecule has 0 radical (unpaired) electrons. The van der Waals surface area contributed by atoms with E-state index in [4.69, 9.17) is 17.8 Å². The standard InChI is InChI=1S/C38H50IN6O8S/c1-24-13-7-6-10-17-29-33(41-28-16-12-11-15-27(28)40-29)52-26-21-31-32(46)43-38(35(48)44-54(50,51)37(2)19-20-37)22-25(38)14-8-4-3-5-9-18-30(34(47)45(31)23-26)42-36(49)53-39-24/h8,11-12,14-16,24-26,30-31H,3-7,9-10,13,17-23H2,1-2H3,(H,42,49)(H,43,46)(H,44,48)/q-1/b14-8-/t24-,25?,26-,30+,31+,38-/m1/s1. The van der Waals surface area contributed by atoms with Gasteiger partial charge in [-0.25, -0.2) is 8.42 Å². The van der Waals surface area contributed by atoms with E-state index in [-0.39, 0.29) is 23.3 Å². The molecule has 3 aliphatic heterocycles. The first-order chi connectivity index (χ1) is 25.9. The molecule has 1 aromatic carbocycles. The number of rotatable bonds is 3. The monoisotopic (exact) mass is 877 g/mol. The van der Waals surface area contributed by atoms with Crippen molar-refractivity contribution in [3.63, 3.8) is 0 Å². The van der Waals surface area contributed by atoms with Gasteiger partial charge in [-0.1, -0.05) is 0 Å². The summed E-state index contributed by atoms with van der Waals surface area (Å²) in [7, 11) is -3.97. The van der Waals surface area contributed by atoms with Gasteiger partial charge in [-0.2, -0.15) is 0 Å². The Kier molecular flexibility index (Phi) is 11.4. The van der Waals surface area contributed by atoms with E-state index in [1.807, 2.05) is 36.4 Å². The molecule has 54 heavy (non-hydrogen) atoms. The first-order valence-electron chi connectivity index (χ1n) is 19.3. The van der Waals surface area contributed by atoms with Crippen LogP contribution in [0.3, 0.4) is 0 Å². The molecule has 4 heterocycles. The number of hydrogen-bond donors (Lipinski definition) is 3. The Morgan fingerprint density at radius 1 is 1.02 bits per heavy atom. The van der Waals surface area contributed by atoms with Gasteiger partial charge >= 0.3 is 286 Å². The minimum atomic E-state index is -3.97. The van der Waals surface area contributed by atoms with E-state index in [0.29, 0.717) is 55.6 Å². The number of hydrogen-bond acceptors (Lipinski definition) is 10. The number of ether oxygens (including phenoxy) is 1. The predicted molar refractivity (Wildman–Crippen MR) is 195 cm³/mol. The molecule has 294 valence electrons. The number of fused-ring (bicyclic) bond motifs is 5. The third-order valence-electron chi connectivity index (χ3n) is 11.4. The molecule has 1 unspecified atom stereocenters. The molecule has 4 amide bonds. The second-order valence-corrected chi connectivity index (χ2v) is 21.0. The van der Waals surface area contributed by atoms with E-state index < -0.39 is 89.8 Å². The summed E-state index contributed by atoms with van der Waals surface area (Å²) in [5.74, 6) is -1.88. The summed E-state index contributed by atoms with van der Waals surface area (Å²) in [6.07, 6.45) is 11.4. The van der Waals surface area contributed by atoms with Crippen LogP contribution in [0, 0.1) is 5.92 Å². The molecule has 3 fully saturated rings. The van der Waals surface area contributed by atoms with Gasteiger partial charge in [-0.3, -0.25) is 0 Å². The van der Waals surface area contributed by atoms with Crippen molar-refractivity contribution in [2.75, 3.05) is 6.54 Å². The Morgan fingerprint density at radius 2 is 1.76 bits per heavy atom. The fourth-order valence-corrected chi connectivity index (χ4v) is 10.4. The fraction of sp³-hybridized carbons (Fsp3) is 0.632. The Morgan fingerprint density at radius 3 is 2.54 bits per heavy atom. The van der Waals surface area contributed by atoms with Crippen molar-refractivity contribution < 1.29 is 57.0 Å². The molecule has 7 rings (SSSR count). The maximum atomic E-state index is 14.5. The molecule has 2 aromatic rings. The van der Waals surface area contributed by atoms with Gasteiger partial charge in [-0.15, -0.1) is 0 Å². The van der Waals surface area contributed by atoms with Crippen LogP contribution in [0.2, 0.25) is 0 Å². The van der Waals surface area contributed by atoms with Gasteiger partial charge in [0.1, 0.15) is 0 Å². The maximum absolute atomic E-state index is 14.5. The molecule has 5 aliphatic rings. The van der Waals surface area contributed by atoms with E-state index in [1.54, 1.807) is 6.92 Å². The number of carbonyl (C=O) groups is 4. The van der Waals surface area contributed by atoms with Crippen LogP contribution >= 0.6 is 0 Å². The third-order valence-corrected chi connectivity index (χ3v) is 15.7. The zero-order valence-electron chi connectivity index (χ0n) is 30.9. The number of allylic oxidation sites excluding steroid dienone is 1. The number of sulfonamides is 1. The van der Waals surface area contributed by atoms with Crippen LogP contribution in [-0.2, 0) is 33.9 Å².